The van der Waals surface area contributed by atoms with E-state index in [0.717, 1.165) is 16.6 Å². The Bertz CT molecular complexity index is 1020. The minimum atomic E-state index is -3.82. The molecule has 0 unspecified atom stereocenters. The number of carbonyl (C=O) groups is 2. The van der Waals surface area contributed by atoms with Crippen LogP contribution in [-0.2, 0) is 24.3 Å². The topological polar surface area (TPSA) is 114 Å². The zero-order valence-electron chi connectivity index (χ0n) is 16.2. The minimum Gasteiger partial charge on any atom is -0.482 e. The molecule has 0 aliphatic carbocycles. The van der Waals surface area contributed by atoms with Crippen LogP contribution < -0.4 is 14.5 Å². The van der Waals surface area contributed by atoms with Crippen molar-refractivity contribution in [1.82, 2.24) is 5.43 Å². The number of anilines is 1. The summed E-state index contributed by atoms with van der Waals surface area (Å²) in [6.45, 7) is -0.790. The zero-order chi connectivity index (χ0) is 22.1. The number of amides is 1. The summed E-state index contributed by atoms with van der Waals surface area (Å²) in [5.74, 6) is -1.40. The Kier molecular flexibility index (Phi) is 7.87. The summed E-state index contributed by atoms with van der Waals surface area (Å²) in [5, 5.41) is 3.77. The molecule has 0 heterocycles. The highest BCUT2D eigenvalue weighted by Crippen LogP contribution is 2.18. The van der Waals surface area contributed by atoms with E-state index in [1.54, 1.807) is 24.3 Å². The fourth-order valence-electron chi connectivity index (χ4n) is 2.23. The van der Waals surface area contributed by atoms with Crippen molar-refractivity contribution in [2.45, 2.75) is 0 Å². The van der Waals surface area contributed by atoms with E-state index < -0.39 is 34.3 Å². The number of nitrogens with one attached hydrogen (secondary N) is 1. The van der Waals surface area contributed by atoms with Crippen molar-refractivity contribution in [2.75, 3.05) is 30.8 Å². The number of nitrogens with zero attached hydrogens (tertiary/aromatic N) is 2. The predicted octanol–water partition coefficient (Wildman–Crippen LogP) is 1.29. The molecule has 1 N–H and O–H groups in total. The summed E-state index contributed by atoms with van der Waals surface area (Å²) in [4.78, 5) is 23.1. The summed E-state index contributed by atoms with van der Waals surface area (Å²) in [6, 6.07) is 11.4. The van der Waals surface area contributed by atoms with Crippen LogP contribution >= 0.6 is 0 Å². The van der Waals surface area contributed by atoms with Gasteiger partial charge in [-0.15, -0.1) is 0 Å². The maximum atomic E-state index is 13.4. The smallest absolute Gasteiger partial charge is 0.343 e. The normalized spacial score (nSPS) is 11.2. The molecule has 0 aromatic heterocycles. The van der Waals surface area contributed by atoms with Gasteiger partial charge in [0.1, 0.15) is 18.1 Å². The molecule has 0 spiro atoms. The molecule has 160 valence electrons. The van der Waals surface area contributed by atoms with Gasteiger partial charge in [0.05, 0.1) is 25.3 Å². The van der Waals surface area contributed by atoms with Crippen LogP contribution in [0.1, 0.15) is 5.56 Å². The third-order valence-corrected chi connectivity index (χ3v) is 4.79. The Balaban J connectivity index is 1.95. The van der Waals surface area contributed by atoms with Crippen molar-refractivity contribution < 1.29 is 31.9 Å². The van der Waals surface area contributed by atoms with E-state index in [4.69, 9.17) is 4.74 Å². The van der Waals surface area contributed by atoms with Crippen LogP contribution in [0.3, 0.4) is 0 Å². The van der Waals surface area contributed by atoms with Gasteiger partial charge < -0.3 is 9.47 Å². The lowest BCUT2D eigenvalue weighted by Gasteiger charge is -2.21. The molecule has 0 aliphatic rings. The number of methoxy groups -OCH3 is 1. The summed E-state index contributed by atoms with van der Waals surface area (Å²) in [5.41, 5.74) is 2.86. The number of rotatable bonds is 9. The van der Waals surface area contributed by atoms with Gasteiger partial charge in [0.25, 0.3) is 5.91 Å². The van der Waals surface area contributed by atoms with Crippen LogP contribution in [0.2, 0.25) is 0 Å². The van der Waals surface area contributed by atoms with Gasteiger partial charge in [-0.1, -0.05) is 6.07 Å². The molecule has 0 saturated heterocycles. The number of halogens is 1. The third-order valence-electron chi connectivity index (χ3n) is 3.65. The zero-order valence-corrected chi connectivity index (χ0v) is 17.1. The second-order valence-corrected chi connectivity index (χ2v) is 7.88. The van der Waals surface area contributed by atoms with Crippen LogP contribution in [-0.4, -0.2) is 53.0 Å². The SMILES string of the molecule is COC(=O)COc1ccc(/C=N\NC(=O)CN(c2cccc(F)c2)S(C)(=O)=O)cc1. The number of carbonyl (C=O) groups excluding carboxylic acids is 2. The van der Waals surface area contributed by atoms with Crippen molar-refractivity contribution in [3.8, 4) is 5.75 Å². The average molecular weight is 437 g/mol. The minimum absolute atomic E-state index is 0.0270. The van der Waals surface area contributed by atoms with Gasteiger partial charge in [0.15, 0.2) is 6.61 Å². The van der Waals surface area contributed by atoms with Gasteiger partial charge in [-0.25, -0.2) is 23.0 Å². The number of sulfonamides is 1. The molecule has 1 amide bonds. The van der Waals surface area contributed by atoms with E-state index in [2.05, 4.69) is 15.3 Å². The highest BCUT2D eigenvalue weighted by atomic mass is 32.2. The van der Waals surface area contributed by atoms with E-state index in [1.807, 2.05) is 0 Å². The van der Waals surface area contributed by atoms with E-state index >= 15 is 0 Å². The first-order chi connectivity index (χ1) is 14.2. The second-order valence-electron chi connectivity index (χ2n) is 5.98. The van der Waals surface area contributed by atoms with Crippen molar-refractivity contribution in [1.29, 1.82) is 0 Å². The van der Waals surface area contributed by atoms with Gasteiger partial charge in [0.2, 0.25) is 10.0 Å². The Morgan fingerprint density at radius 3 is 2.50 bits per heavy atom. The standard InChI is InChI=1S/C19H20FN3O6S/c1-28-19(25)13-29-17-8-6-14(7-9-17)11-21-22-18(24)12-23(30(2,26)27)16-5-3-4-15(20)10-16/h3-11H,12-13H2,1-2H3,(H,22,24)/b21-11-. The molecule has 0 fully saturated rings. The largest absolute Gasteiger partial charge is 0.482 e. The second kappa shape index (κ2) is 10.3. The van der Waals surface area contributed by atoms with Gasteiger partial charge in [-0.05, 0) is 48.0 Å². The lowest BCUT2D eigenvalue weighted by Crippen LogP contribution is -2.39. The molecule has 2 rings (SSSR count). The number of hydrogen-bond donors (Lipinski definition) is 1. The van der Waals surface area contributed by atoms with Crippen molar-refractivity contribution in [3.63, 3.8) is 0 Å². The number of benzene rings is 2. The summed E-state index contributed by atoms with van der Waals surface area (Å²) in [6.07, 6.45) is 2.26. The first-order valence-corrected chi connectivity index (χ1v) is 10.4. The number of esters is 1. The van der Waals surface area contributed by atoms with Crippen LogP contribution in [0.15, 0.2) is 53.6 Å². The van der Waals surface area contributed by atoms with Crippen LogP contribution in [0, 0.1) is 5.82 Å². The molecular formula is C19H20FN3O6S. The molecule has 30 heavy (non-hydrogen) atoms. The monoisotopic (exact) mass is 437 g/mol. The fraction of sp³-hybridized carbons (Fsp3) is 0.211. The molecule has 2 aromatic carbocycles. The first kappa shape index (κ1) is 22.8. The first-order valence-electron chi connectivity index (χ1n) is 8.54. The van der Waals surface area contributed by atoms with Gasteiger partial charge >= 0.3 is 5.97 Å². The quantitative estimate of drug-likeness (QED) is 0.359. The molecule has 0 saturated carbocycles. The van der Waals surface area contributed by atoms with Gasteiger partial charge in [-0.3, -0.25) is 9.10 Å². The molecule has 2 aromatic rings. The Morgan fingerprint density at radius 2 is 1.90 bits per heavy atom. The van der Waals surface area contributed by atoms with E-state index in [-0.39, 0.29) is 12.3 Å². The summed E-state index contributed by atoms with van der Waals surface area (Å²) < 4.78 is 47.8. The Morgan fingerprint density at radius 1 is 1.20 bits per heavy atom. The molecular weight excluding hydrogens is 417 g/mol. The van der Waals surface area contributed by atoms with Crippen molar-refractivity contribution in [3.05, 3.63) is 59.9 Å². The molecule has 11 heteroatoms. The maximum Gasteiger partial charge on any atom is 0.343 e. The predicted molar refractivity (Wildman–Crippen MR) is 108 cm³/mol. The van der Waals surface area contributed by atoms with Crippen LogP contribution in [0.4, 0.5) is 10.1 Å². The van der Waals surface area contributed by atoms with E-state index in [0.29, 0.717) is 11.3 Å². The Hall–Kier alpha value is -3.47. The summed E-state index contributed by atoms with van der Waals surface area (Å²) in [7, 11) is -2.56. The molecule has 0 bridgehead atoms. The summed E-state index contributed by atoms with van der Waals surface area (Å²) >= 11 is 0. The highest BCUT2D eigenvalue weighted by Gasteiger charge is 2.21. The Labute approximate surface area is 173 Å². The van der Waals surface area contributed by atoms with E-state index in [9.17, 15) is 22.4 Å². The maximum absolute atomic E-state index is 13.4. The van der Waals surface area contributed by atoms with Crippen molar-refractivity contribution >= 4 is 33.8 Å². The van der Waals surface area contributed by atoms with Gasteiger partial charge in [0, 0.05) is 0 Å². The highest BCUT2D eigenvalue weighted by molar-refractivity contribution is 7.92. The number of ether oxygens (including phenoxy) is 2. The molecule has 9 nitrogen and oxygen atoms in total. The van der Waals surface area contributed by atoms with E-state index in [1.165, 1.54) is 31.5 Å². The average Bonchev–Trinajstić information content (AvgIpc) is 2.70. The van der Waals surface area contributed by atoms with Crippen LogP contribution in [0.5, 0.6) is 5.75 Å². The lowest BCUT2D eigenvalue weighted by molar-refractivity contribution is -0.142. The lowest BCUT2D eigenvalue weighted by atomic mass is 10.2. The molecule has 0 aliphatic heterocycles. The number of hydrazone groups is 1. The third kappa shape index (κ3) is 7.17. The van der Waals surface area contributed by atoms with Crippen LogP contribution in [0.25, 0.3) is 0 Å². The number of hydrogen-bond acceptors (Lipinski definition) is 7. The molecule has 0 radical (unpaired) electrons. The fourth-order valence-corrected chi connectivity index (χ4v) is 3.08. The van der Waals surface area contributed by atoms with Gasteiger partial charge in [-0.2, -0.15) is 5.10 Å². The molecule has 0 atom stereocenters. The van der Waals surface area contributed by atoms with Crippen molar-refractivity contribution in [2.24, 2.45) is 5.10 Å².